The van der Waals surface area contributed by atoms with Crippen LogP contribution in [-0.2, 0) is 10.0 Å². The topological polar surface area (TPSA) is 105 Å². The van der Waals surface area contributed by atoms with Gasteiger partial charge in [0.15, 0.2) is 0 Å². The smallest absolute Gasteiger partial charge is 0.240 e. The summed E-state index contributed by atoms with van der Waals surface area (Å²) in [5, 5.41) is 6.18. The summed E-state index contributed by atoms with van der Waals surface area (Å²) in [5.41, 5.74) is 1.59. The first kappa shape index (κ1) is 21.5. The quantitative estimate of drug-likeness (QED) is 0.447. The maximum atomic E-state index is 13.0. The molecule has 0 aliphatic rings. The second kappa shape index (κ2) is 9.51. The molecule has 0 bridgehead atoms. The lowest BCUT2D eigenvalue weighted by atomic mass is 10.3. The van der Waals surface area contributed by atoms with Crippen molar-refractivity contribution in [3.63, 3.8) is 0 Å². The zero-order valence-corrected chi connectivity index (χ0v) is 17.3. The number of nitrogens with one attached hydrogen (secondary N) is 3. The van der Waals surface area contributed by atoms with Crippen molar-refractivity contribution in [1.82, 2.24) is 14.7 Å². The third-order valence-electron chi connectivity index (χ3n) is 4.04. The number of rotatable bonds is 9. The lowest BCUT2D eigenvalue weighted by Crippen LogP contribution is -2.29. The van der Waals surface area contributed by atoms with Gasteiger partial charge in [-0.25, -0.2) is 22.5 Å². The average Bonchev–Trinajstić information content (AvgIpc) is 2.72. The van der Waals surface area contributed by atoms with E-state index in [1.54, 1.807) is 13.2 Å². The number of aromatic nitrogens is 2. The molecule has 0 amide bonds. The molecule has 0 atom stereocenters. The van der Waals surface area contributed by atoms with Crippen molar-refractivity contribution in [2.75, 3.05) is 30.8 Å². The van der Waals surface area contributed by atoms with Crippen LogP contribution in [0.4, 0.5) is 21.8 Å². The molecule has 3 rings (SSSR count). The van der Waals surface area contributed by atoms with Crippen LogP contribution in [0.5, 0.6) is 5.75 Å². The van der Waals surface area contributed by atoms with Gasteiger partial charge in [-0.2, -0.15) is 4.98 Å². The highest BCUT2D eigenvalue weighted by Crippen LogP contribution is 2.20. The van der Waals surface area contributed by atoms with E-state index in [-0.39, 0.29) is 18.0 Å². The van der Waals surface area contributed by atoms with Crippen molar-refractivity contribution in [3.8, 4) is 5.75 Å². The predicted molar refractivity (Wildman–Crippen MR) is 113 cm³/mol. The van der Waals surface area contributed by atoms with Crippen LogP contribution in [0.25, 0.3) is 0 Å². The zero-order valence-electron chi connectivity index (χ0n) is 16.5. The standard InChI is InChI=1S/C20H22FN5O3S/c1-14-13-19(25-16-5-7-17(29-2)8-6-16)26-20(24-14)22-11-12-23-30(27,28)18-9-3-15(21)4-10-18/h3-10,13,23H,11-12H2,1-2H3,(H2,22,24,25,26). The third-order valence-corrected chi connectivity index (χ3v) is 5.52. The number of anilines is 3. The van der Waals surface area contributed by atoms with Gasteiger partial charge in [-0.1, -0.05) is 0 Å². The number of nitrogens with zero attached hydrogens (tertiary/aromatic N) is 2. The lowest BCUT2D eigenvalue weighted by Gasteiger charge is -2.11. The van der Waals surface area contributed by atoms with Crippen LogP contribution in [-0.4, -0.2) is 38.6 Å². The Morgan fingerprint density at radius 1 is 1.00 bits per heavy atom. The van der Waals surface area contributed by atoms with Gasteiger partial charge in [-0.3, -0.25) is 0 Å². The van der Waals surface area contributed by atoms with E-state index >= 15 is 0 Å². The molecule has 0 radical (unpaired) electrons. The minimum Gasteiger partial charge on any atom is -0.497 e. The monoisotopic (exact) mass is 431 g/mol. The van der Waals surface area contributed by atoms with Crippen molar-refractivity contribution in [3.05, 3.63) is 66.1 Å². The fraction of sp³-hybridized carbons (Fsp3) is 0.200. The van der Waals surface area contributed by atoms with Gasteiger partial charge in [0.1, 0.15) is 17.4 Å². The maximum Gasteiger partial charge on any atom is 0.240 e. The zero-order chi connectivity index (χ0) is 21.6. The van der Waals surface area contributed by atoms with Crippen LogP contribution in [0, 0.1) is 12.7 Å². The van der Waals surface area contributed by atoms with E-state index in [0.717, 1.165) is 29.3 Å². The summed E-state index contributed by atoms with van der Waals surface area (Å²) in [4.78, 5) is 8.69. The Morgan fingerprint density at radius 2 is 1.70 bits per heavy atom. The van der Waals surface area contributed by atoms with Gasteiger partial charge in [0, 0.05) is 30.5 Å². The molecular weight excluding hydrogens is 409 g/mol. The molecule has 158 valence electrons. The first-order chi connectivity index (χ1) is 14.4. The molecule has 30 heavy (non-hydrogen) atoms. The molecule has 0 saturated carbocycles. The van der Waals surface area contributed by atoms with E-state index in [1.165, 1.54) is 12.1 Å². The SMILES string of the molecule is COc1ccc(Nc2cc(C)nc(NCCNS(=O)(=O)c3ccc(F)cc3)n2)cc1. The summed E-state index contributed by atoms with van der Waals surface area (Å²) in [5.74, 6) is 1.23. The molecule has 0 fully saturated rings. The van der Waals surface area contributed by atoms with Crippen LogP contribution in [0.1, 0.15) is 5.69 Å². The average molecular weight is 431 g/mol. The number of benzene rings is 2. The minimum atomic E-state index is -3.71. The van der Waals surface area contributed by atoms with Crippen molar-refractivity contribution in [2.24, 2.45) is 0 Å². The third kappa shape index (κ3) is 5.88. The molecule has 1 heterocycles. The summed E-state index contributed by atoms with van der Waals surface area (Å²) in [6.45, 7) is 2.22. The largest absolute Gasteiger partial charge is 0.497 e. The Kier molecular flexibility index (Phi) is 6.80. The predicted octanol–water partition coefficient (Wildman–Crippen LogP) is 3.07. The Labute approximate surface area is 174 Å². The molecule has 0 aliphatic heterocycles. The highest BCUT2D eigenvalue weighted by molar-refractivity contribution is 7.89. The summed E-state index contributed by atoms with van der Waals surface area (Å²) in [7, 11) is -2.11. The van der Waals surface area contributed by atoms with Gasteiger partial charge in [-0.05, 0) is 55.5 Å². The number of aryl methyl sites for hydroxylation is 1. The molecule has 0 aliphatic carbocycles. The van der Waals surface area contributed by atoms with E-state index in [2.05, 4.69) is 25.3 Å². The Morgan fingerprint density at radius 3 is 2.37 bits per heavy atom. The van der Waals surface area contributed by atoms with E-state index in [4.69, 9.17) is 4.74 Å². The summed E-state index contributed by atoms with van der Waals surface area (Å²) < 4.78 is 44.9. The molecule has 0 spiro atoms. The second-order valence-corrected chi connectivity index (χ2v) is 8.12. The van der Waals surface area contributed by atoms with Crippen molar-refractivity contribution in [2.45, 2.75) is 11.8 Å². The molecule has 2 aromatic carbocycles. The summed E-state index contributed by atoms with van der Waals surface area (Å²) in [6.07, 6.45) is 0. The number of ether oxygens (including phenoxy) is 1. The Balaban J connectivity index is 1.57. The van der Waals surface area contributed by atoms with Gasteiger partial charge >= 0.3 is 0 Å². The number of halogens is 1. The van der Waals surface area contributed by atoms with Crippen LogP contribution in [0.15, 0.2) is 59.5 Å². The Hall–Kier alpha value is -3.24. The van der Waals surface area contributed by atoms with Gasteiger partial charge < -0.3 is 15.4 Å². The number of hydrogen-bond donors (Lipinski definition) is 3. The summed E-state index contributed by atoms with van der Waals surface area (Å²) in [6, 6.07) is 13.8. The number of methoxy groups -OCH3 is 1. The van der Waals surface area contributed by atoms with E-state index in [9.17, 15) is 12.8 Å². The van der Waals surface area contributed by atoms with E-state index in [0.29, 0.717) is 11.8 Å². The molecule has 1 aromatic heterocycles. The summed E-state index contributed by atoms with van der Waals surface area (Å²) >= 11 is 0. The Bertz CT molecular complexity index is 1090. The van der Waals surface area contributed by atoms with Gasteiger partial charge in [0.25, 0.3) is 0 Å². The van der Waals surface area contributed by atoms with Crippen LogP contribution < -0.4 is 20.1 Å². The molecule has 10 heteroatoms. The van der Waals surface area contributed by atoms with Gasteiger partial charge in [-0.15, -0.1) is 0 Å². The van der Waals surface area contributed by atoms with E-state index in [1.807, 2.05) is 31.2 Å². The highest BCUT2D eigenvalue weighted by Gasteiger charge is 2.13. The minimum absolute atomic E-state index is 0.00156. The fourth-order valence-electron chi connectivity index (χ4n) is 2.59. The van der Waals surface area contributed by atoms with Gasteiger partial charge in [0.05, 0.1) is 12.0 Å². The van der Waals surface area contributed by atoms with Gasteiger partial charge in [0.2, 0.25) is 16.0 Å². The molecule has 0 saturated heterocycles. The first-order valence-electron chi connectivity index (χ1n) is 9.11. The first-order valence-corrected chi connectivity index (χ1v) is 10.6. The molecular formula is C20H22FN5O3S. The van der Waals surface area contributed by atoms with Crippen LogP contribution in [0.2, 0.25) is 0 Å². The fourth-order valence-corrected chi connectivity index (χ4v) is 3.62. The van der Waals surface area contributed by atoms with Crippen LogP contribution in [0.3, 0.4) is 0 Å². The van der Waals surface area contributed by atoms with Crippen molar-refractivity contribution >= 4 is 27.5 Å². The van der Waals surface area contributed by atoms with Crippen molar-refractivity contribution < 1.29 is 17.5 Å². The number of hydrogen-bond acceptors (Lipinski definition) is 7. The highest BCUT2D eigenvalue weighted by atomic mass is 32.2. The molecule has 3 N–H and O–H groups in total. The maximum absolute atomic E-state index is 13.0. The van der Waals surface area contributed by atoms with Crippen LogP contribution >= 0.6 is 0 Å². The second-order valence-electron chi connectivity index (χ2n) is 6.35. The van der Waals surface area contributed by atoms with E-state index < -0.39 is 15.8 Å². The molecule has 3 aromatic rings. The van der Waals surface area contributed by atoms with Crippen molar-refractivity contribution in [1.29, 1.82) is 0 Å². The normalized spacial score (nSPS) is 11.2. The number of sulfonamides is 1. The molecule has 8 nitrogen and oxygen atoms in total. The lowest BCUT2D eigenvalue weighted by molar-refractivity contribution is 0.415. The molecule has 0 unspecified atom stereocenters.